The highest BCUT2D eigenvalue weighted by Crippen LogP contribution is 2.27. The van der Waals surface area contributed by atoms with E-state index in [1.807, 2.05) is 20.8 Å². The van der Waals surface area contributed by atoms with Gasteiger partial charge in [-0.05, 0) is 46.5 Å². The van der Waals surface area contributed by atoms with E-state index in [1.54, 1.807) is 0 Å². The standard InChI is InChI=1S/C14H28N2O4/c1-13(2,3)20-12(19)15-8-9-16-14(10-17)6-4-11(18)5-7-14/h11,16-18H,4-10H2,1-3H3,(H,15,19). The Hall–Kier alpha value is -0.850. The maximum absolute atomic E-state index is 11.5. The molecule has 118 valence electrons. The summed E-state index contributed by atoms with van der Waals surface area (Å²) in [5.74, 6) is 0. The van der Waals surface area contributed by atoms with E-state index in [4.69, 9.17) is 4.74 Å². The van der Waals surface area contributed by atoms with Gasteiger partial charge in [0, 0.05) is 18.6 Å². The number of hydrogen-bond acceptors (Lipinski definition) is 5. The largest absolute Gasteiger partial charge is 0.444 e. The van der Waals surface area contributed by atoms with Crippen molar-refractivity contribution in [3.05, 3.63) is 0 Å². The first-order valence-electron chi connectivity index (χ1n) is 7.27. The summed E-state index contributed by atoms with van der Waals surface area (Å²) in [4.78, 5) is 11.5. The quantitative estimate of drug-likeness (QED) is 0.561. The molecule has 0 aromatic heterocycles. The number of ether oxygens (including phenoxy) is 1. The molecule has 4 N–H and O–H groups in total. The van der Waals surface area contributed by atoms with E-state index in [-0.39, 0.29) is 18.2 Å². The van der Waals surface area contributed by atoms with E-state index in [0.717, 1.165) is 12.8 Å². The molecule has 20 heavy (non-hydrogen) atoms. The molecule has 1 saturated carbocycles. The van der Waals surface area contributed by atoms with Crippen LogP contribution < -0.4 is 10.6 Å². The third-order valence-corrected chi connectivity index (χ3v) is 3.51. The molecule has 0 spiro atoms. The van der Waals surface area contributed by atoms with E-state index in [9.17, 15) is 15.0 Å². The highest BCUT2D eigenvalue weighted by Gasteiger charge is 2.33. The zero-order chi connectivity index (χ0) is 15.2. The molecule has 0 saturated heterocycles. The Morgan fingerprint density at radius 3 is 2.40 bits per heavy atom. The van der Waals surface area contributed by atoms with Crippen molar-refractivity contribution in [3.63, 3.8) is 0 Å². The van der Waals surface area contributed by atoms with Crippen molar-refractivity contribution in [2.24, 2.45) is 0 Å². The summed E-state index contributed by atoms with van der Waals surface area (Å²) in [5.41, 5.74) is -0.821. The zero-order valence-electron chi connectivity index (χ0n) is 12.7. The number of carbonyl (C=O) groups is 1. The van der Waals surface area contributed by atoms with Gasteiger partial charge in [-0.3, -0.25) is 0 Å². The Morgan fingerprint density at radius 1 is 1.30 bits per heavy atom. The van der Waals surface area contributed by atoms with Gasteiger partial charge >= 0.3 is 6.09 Å². The molecule has 1 amide bonds. The summed E-state index contributed by atoms with van der Waals surface area (Å²) in [5, 5.41) is 25.0. The Labute approximate surface area is 120 Å². The van der Waals surface area contributed by atoms with Crippen molar-refractivity contribution in [1.29, 1.82) is 0 Å². The Balaban J connectivity index is 2.24. The summed E-state index contributed by atoms with van der Waals surface area (Å²) in [6.45, 7) is 6.51. The van der Waals surface area contributed by atoms with Gasteiger partial charge in [0.05, 0.1) is 12.7 Å². The van der Waals surface area contributed by atoms with Crippen LogP contribution in [-0.2, 0) is 4.74 Å². The minimum absolute atomic E-state index is 0.0478. The third-order valence-electron chi connectivity index (χ3n) is 3.51. The molecule has 0 aromatic carbocycles. The van der Waals surface area contributed by atoms with E-state index < -0.39 is 11.7 Å². The first-order chi connectivity index (χ1) is 9.26. The molecule has 1 rings (SSSR count). The fourth-order valence-corrected chi connectivity index (χ4v) is 2.35. The molecule has 0 atom stereocenters. The van der Waals surface area contributed by atoms with Crippen LogP contribution >= 0.6 is 0 Å². The average molecular weight is 288 g/mol. The predicted molar refractivity (Wildman–Crippen MR) is 76.5 cm³/mol. The second-order valence-corrected chi connectivity index (χ2v) is 6.53. The molecule has 0 radical (unpaired) electrons. The number of aliphatic hydroxyl groups excluding tert-OH is 2. The smallest absolute Gasteiger partial charge is 0.407 e. The molecule has 0 heterocycles. The van der Waals surface area contributed by atoms with Gasteiger partial charge in [-0.1, -0.05) is 0 Å². The lowest BCUT2D eigenvalue weighted by Crippen LogP contribution is -2.53. The van der Waals surface area contributed by atoms with Gasteiger partial charge in [-0.15, -0.1) is 0 Å². The van der Waals surface area contributed by atoms with E-state index >= 15 is 0 Å². The fourth-order valence-electron chi connectivity index (χ4n) is 2.35. The lowest BCUT2D eigenvalue weighted by atomic mass is 9.81. The van der Waals surface area contributed by atoms with Crippen molar-refractivity contribution in [2.45, 2.75) is 63.7 Å². The van der Waals surface area contributed by atoms with E-state index in [1.165, 1.54) is 0 Å². The number of alkyl carbamates (subject to hydrolysis) is 1. The van der Waals surface area contributed by atoms with Gasteiger partial charge < -0.3 is 25.6 Å². The van der Waals surface area contributed by atoms with Gasteiger partial charge in [0.25, 0.3) is 0 Å². The molecule has 0 unspecified atom stereocenters. The van der Waals surface area contributed by atoms with Gasteiger partial charge in [-0.2, -0.15) is 0 Å². The van der Waals surface area contributed by atoms with Crippen LogP contribution in [0.5, 0.6) is 0 Å². The van der Waals surface area contributed by atoms with Crippen LogP contribution in [0.1, 0.15) is 46.5 Å². The third kappa shape index (κ3) is 6.07. The zero-order valence-corrected chi connectivity index (χ0v) is 12.7. The second-order valence-electron chi connectivity index (χ2n) is 6.53. The van der Waals surface area contributed by atoms with Gasteiger partial charge in [0.2, 0.25) is 0 Å². The SMILES string of the molecule is CC(C)(C)OC(=O)NCCNC1(CO)CCC(O)CC1. The number of carbonyl (C=O) groups excluding carboxylic acids is 1. The topological polar surface area (TPSA) is 90.8 Å². The Morgan fingerprint density at radius 2 is 1.90 bits per heavy atom. The lowest BCUT2D eigenvalue weighted by molar-refractivity contribution is 0.0486. The highest BCUT2D eigenvalue weighted by atomic mass is 16.6. The lowest BCUT2D eigenvalue weighted by Gasteiger charge is -2.38. The van der Waals surface area contributed by atoms with Crippen LogP contribution in [0, 0.1) is 0 Å². The molecule has 6 heteroatoms. The second kappa shape index (κ2) is 7.24. The molecule has 0 aliphatic heterocycles. The average Bonchev–Trinajstić information content (AvgIpc) is 2.35. The highest BCUT2D eigenvalue weighted by molar-refractivity contribution is 5.67. The number of nitrogens with one attached hydrogen (secondary N) is 2. The number of amides is 1. The summed E-state index contributed by atoms with van der Waals surface area (Å²) in [6, 6.07) is 0. The monoisotopic (exact) mass is 288 g/mol. The molecule has 0 aromatic rings. The van der Waals surface area contributed by atoms with Crippen LogP contribution in [0.15, 0.2) is 0 Å². The van der Waals surface area contributed by atoms with Crippen LogP contribution in [-0.4, -0.2) is 53.2 Å². The first-order valence-corrected chi connectivity index (χ1v) is 7.27. The van der Waals surface area contributed by atoms with Gasteiger partial charge in [0.15, 0.2) is 0 Å². The minimum Gasteiger partial charge on any atom is -0.444 e. The van der Waals surface area contributed by atoms with Gasteiger partial charge in [-0.25, -0.2) is 4.79 Å². The number of rotatable bonds is 5. The summed E-state index contributed by atoms with van der Waals surface area (Å²) in [6.07, 6.45) is 2.21. The van der Waals surface area contributed by atoms with Crippen molar-refractivity contribution < 1.29 is 19.7 Å². The van der Waals surface area contributed by atoms with Crippen LogP contribution in [0.4, 0.5) is 4.79 Å². The van der Waals surface area contributed by atoms with Crippen molar-refractivity contribution in [1.82, 2.24) is 10.6 Å². The Kier molecular flexibility index (Phi) is 6.23. The minimum atomic E-state index is -0.497. The van der Waals surface area contributed by atoms with Crippen LogP contribution in [0.3, 0.4) is 0 Å². The normalized spacial score (nSPS) is 27.1. The summed E-state index contributed by atoms with van der Waals surface area (Å²) in [7, 11) is 0. The summed E-state index contributed by atoms with van der Waals surface area (Å²) >= 11 is 0. The molecule has 1 aliphatic rings. The molecule has 0 bridgehead atoms. The van der Waals surface area contributed by atoms with Gasteiger partial charge in [0.1, 0.15) is 5.60 Å². The van der Waals surface area contributed by atoms with Crippen molar-refractivity contribution >= 4 is 6.09 Å². The molecular formula is C14H28N2O4. The van der Waals surface area contributed by atoms with Crippen LogP contribution in [0.25, 0.3) is 0 Å². The maximum Gasteiger partial charge on any atom is 0.407 e. The van der Waals surface area contributed by atoms with Crippen molar-refractivity contribution in [2.75, 3.05) is 19.7 Å². The molecule has 6 nitrogen and oxygen atoms in total. The fraction of sp³-hybridized carbons (Fsp3) is 0.929. The summed E-state index contributed by atoms with van der Waals surface area (Å²) < 4.78 is 5.14. The van der Waals surface area contributed by atoms with Crippen LogP contribution in [0.2, 0.25) is 0 Å². The van der Waals surface area contributed by atoms with E-state index in [0.29, 0.717) is 25.9 Å². The Bertz CT molecular complexity index is 307. The van der Waals surface area contributed by atoms with Crippen molar-refractivity contribution in [3.8, 4) is 0 Å². The maximum atomic E-state index is 11.5. The predicted octanol–water partition coefficient (Wildman–Crippen LogP) is 0.767. The molecular weight excluding hydrogens is 260 g/mol. The van der Waals surface area contributed by atoms with E-state index in [2.05, 4.69) is 10.6 Å². The molecule has 1 aliphatic carbocycles. The number of aliphatic hydroxyl groups is 2. The first kappa shape index (κ1) is 17.2. The molecule has 1 fully saturated rings. The number of hydrogen-bond donors (Lipinski definition) is 4.